The summed E-state index contributed by atoms with van der Waals surface area (Å²) in [6, 6.07) is 21.9. The first kappa shape index (κ1) is 15.8. The fourth-order valence-electron chi connectivity index (χ4n) is 2.57. The van der Waals surface area contributed by atoms with Gasteiger partial charge in [-0.25, -0.2) is 0 Å². The van der Waals surface area contributed by atoms with E-state index in [2.05, 4.69) is 23.5 Å². The Labute approximate surface area is 141 Å². The van der Waals surface area contributed by atoms with Crippen LogP contribution < -0.4 is 10.1 Å². The Morgan fingerprint density at radius 3 is 2.54 bits per heavy atom. The second kappa shape index (κ2) is 7.47. The molecule has 0 aromatic heterocycles. The first-order valence-electron chi connectivity index (χ1n) is 7.83. The van der Waals surface area contributed by atoms with Crippen LogP contribution in [0, 0.1) is 0 Å². The smallest absolute Gasteiger partial charge is 0.244 e. The van der Waals surface area contributed by atoms with Crippen LogP contribution in [0.3, 0.4) is 0 Å². The van der Waals surface area contributed by atoms with Crippen molar-refractivity contribution < 1.29 is 9.53 Å². The summed E-state index contributed by atoms with van der Waals surface area (Å²) in [7, 11) is 1.63. The number of hydrogen-bond donors (Lipinski definition) is 1. The Morgan fingerprint density at radius 2 is 1.75 bits per heavy atom. The van der Waals surface area contributed by atoms with Crippen LogP contribution in [-0.4, -0.2) is 13.0 Å². The highest BCUT2D eigenvalue weighted by atomic mass is 16.5. The van der Waals surface area contributed by atoms with Gasteiger partial charge in [0.15, 0.2) is 0 Å². The van der Waals surface area contributed by atoms with Crippen molar-refractivity contribution in [3.8, 4) is 5.75 Å². The van der Waals surface area contributed by atoms with Gasteiger partial charge in [0.2, 0.25) is 5.91 Å². The van der Waals surface area contributed by atoms with Crippen LogP contribution in [0.15, 0.2) is 72.8 Å². The molecule has 0 aliphatic rings. The molecule has 3 rings (SSSR count). The molecule has 0 radical (unpaired) electrons. The van der Waals surface area contributed by atoms with Crippen LogP contribution in [0.25, 0.3) is 16.8 Å². The third-order valence-corrected chi connectivity index (χ3v) is 3.88. The van der Waals surface area contributed by atoms with Crippen molar-refractivity contribution in [1.29, 1.82) is 0 Å². The lowest BCUT2D eigenvalue weighted by molar-refractivity contribution is -0.116. The molecule has 1 N–H and O–H groups in total. The van der Waals surface area contributed by atoms with E-state index in [1.54, 1.807) is 19.3 Å². The van der Waals surface area contributed by atoms with Gasteiger partial charge in [-0.15, -0.1) is 0 Å². The van der Waals surface area contributed by atoms with E-state index in [4.69, 9.17) is 4.74 Å². The molecule has 0 spiro atoms. The summed E-state index contributed by atoms with van der Waals surface area (Å²) < 4.78 is 5.11. The second-order valence-electron chi connectivity index (χ2n) is 5.46. The molecule has 0 fully saturated rings. The highest BCUT2D eigenvalue weighted by molar-refractivity contribution is 5.92. The van der Waals surface area contributed by atoms with Crippen molar-refractivity contribution >= 4 is 22.8 Å². The van der Waals surface area contributed by atoms with Crippen LogP contribution in [0.2, 0.25) is 0 Å². The van der Waals surface area contributed by atoms with Gasteiger partial charge in [0.1, 0.15) is 5.75 Å². The maximum atomic E-state index is 12.0. The minimum Gasteiger partial charge on any atom is -0.497 e. The molecule has 0 saturated heterocycles. The predicted octanol–water partition coefficient (Wildman–Crippen LogP) is 4.18. The minimum atomic E-state index is -0.112. The molecule has 0 heterocycles. The third kappa shape index (κ3) is 3.82. The van der Waals surface area contributed by atoms with E-state index in [0.29, 0.717) is 6.54 Å². The lowest BCUT2D eigenvalue weighted by atomic mass is 10.0. The number of nitrogens with one attached hydrogen (secondary N) is 1. The molecule has 3 nitrogen and oxygen atoms in total. The summed E-state index contributed by atoms with van der Waals surface area (Å²) in [6.07, 6.45) is 3.34. The normalized spacial score (nSPS) is 10.9. The Morgan fingerprint density at radius 1 is 1.00 bits per heavy atom. The molecule has 0 aliphatic carbocycles. The quantitative estimate of drug-likeness (QED) is 0.717. The number of carbonyl (C=O) groups is 1. The van der Waals surface area contributed by atoms with E-state index in [9.17, 15) is 4.79 Å². The third-order valence-electron chi connectivity index (χ3n) is 3.88. The number of rotatable bonds is 5. The van der Waals surface area contributed by atoms with Gasteiger partial charge in [-0.05, 0) is 40.1 Å². The van der Waals surface area contributed by atoms with Gasteiger partial charge >= 0.3 is 0 Å². The summed E-state index contributed by atoms with van der Waals surface area (Å²) in [5.74, 6) is 0.686. The number of fused-ring (bicyclic) bond motifs is 1. The molecule has 0 unspecified atom stereocenters. The number of benzene rings is 3. The van der Waals surface area contributed by atoms with E-state index >= 15 is 0 Å². The molecule has 24 heavy (non-hydrogen) atoms. The fourth-order valence-corrected chi connectivity index (χ4v) is 2.57. The summed E-state index contributed by atoms with van der Waals surface area (Å²) in [5, 5.41) is 5.28. The second-order valence-corrected chi connectivity index (χ2v) is 5.46. The summed E-state index contributed by atoms with van der Waals surface area (Å²) >= 11 is 0. The average Bonchev–Trinajstić information content (AvgIpc) is 2.65. The Balaban J connectivity index is 1.63. The number of hydrogen-bond acceptors (Lipinski definition) is 2. The number of ether oxygens (including phenoxy) is 1. The molecular weight excluding hydrogens is 298 g/mol. The highest BCUT2D eigenvalue weighted by Crippen LogP contribution is 2.18. The van der Waals surface area contributed by atoms with Gasteiger partial charge in [0.05, 0.1) is 7.11 Å². The Hall–Kier alpha value is -3.07. The molecule has 1 amide bonds. The van der Waals surface area contributed by atoms with Crippen LogP contribution in [0.5, 0.6) is 5.75 Å². The summed E-state index contributed by atoms with van der Waals surface area (Å²) in [6.45, 7) is 0.507. The van der Waals surface area contributed by atoms with Gasteiger partial charge in [0, 0.05) is 12.6 Å². The van der Waals surface area contributed by atoms with Crippen molar-refractivity contribution in [1.82, 2.24) is 5.32 Å². The molecule has 0 aliphatic heterocycles. The lowest BCUT2D eigenvalue weighted by Crippen LogP contribution is -2.20. The first-order valence-corrected chi connectivity index (χ1v) is 7.83. The topological polar surface area (TPSA) is 38.3 Å². The zero-order chi connectivity index (χ0) is 16.8. The van der Waals surface area contributed by atoms with Crippen LogP contribution in [0.1, 0.15) is 11.1 Å². The standard InChI is InChI=1S/C21H19NO2/c1-24-19-12-9-16(10-13-19)11-14-21(23)22-15-18-7-4-6-17-5-2-3-8-20(17)18/h2-14H,15H2,1H3,(H,22,23)/b14-11+. The van der Waals surface area contributed by atoms with Crippen molar-refractivity contribution in [2.75, 3.05) is 7.11 Å². The lowest BCUT2D eigenvalue weighted by Gasteiger charge is -2.07. The zero-order valence-electron chi connectivity index (χ0n) is 13.5. The van der Waals surface area contributed by atoms with Gasteiger partial charge in [0.25, 0.3) is 0 Å². The molecule has 0 saturated carbocycles. The highest BCUT2D eigenvalue weighted by Gasteiger charge is 2.01. The molecular formula is C21H19NO2. The fraction of sp³-hybridized carbons (Fsp3) is 0.0952. The molecule has 0 bridgehead atoms. The summed E-state index contributed by atoms with van der Waals surface area (Å²) in [4.78, 5) is 12.0. The van der Waals surface area contributed by atoms with Crippen molar-refractivity contribution in [2.24, 2.45) is 0 Å². The molecule has 3 heteroatoms. The number of carbonyl (C=O) groups excluding carboxylic acids is 1. The maximum Gasteiger partial charge on any atom is 0.244 e. The molecule has 120 valence electrons. The number of methoxy groups -OCH3 is 1. The molecule has 3 aromatic rings. The Kier molecular flexibility index (Phi) is 4.92. The van der Waals surface area contributed by atoms with Crippen molar-refractivity contribution in [2.45, 2.75) is 6.54 Å². The van der Waals surface area contributed by atoms with E-state index in [1.807, 2.05) is 48.5 Å². The van der Waals surface area contributed by atoms with Gasteiger partial charge in [-0.1, -0.05) is 54.6 Å². The van der Waals surface area contributed by atoms with Gasteiger partial charge < -0.3 is 10.1 Å². The SMILES string of the molecule is COc1ccc(/C=C/C(=O)NCc2cccc3ccccc23)cc1. The van der Waals surface area contributed by atoms with Gasteiger partial charge in [-0.2, -0.15) is 0 Å². The van der Waals surface area contributed by atoms with E-state index in [-0.39, 0.29) is 5.91 Å². The minimum absolute atomic E-state index is 0.112. The van der Waals surface area contributed by atoms with Crippen LogP contribution in [0.4, 0.5) is 0 Å². The molecule has 3 aromatic carbocycles. The summed E-state index contributed by atoms with van der Waals surface area (Å²) in [5.41, 5.74) is 2.07. The predicted molar refractivity (Wildman–Crippen MR) is 97.8 cm³/mol. The number of amides is 1. The average molecular weight is 317 g/mol. The largest absolute Gasteiger partial charge is 0.497 e. The van der Waals surface area contributed by atoms with Crippen molar-refractivity contribution in [3.63, 3.8) is 0 Å². The first-order chi connectivity index (χ1) is 11.8. The molecule has 0 atom stereocenters. The Bertz CT molecular complexity index is 861. The monoisotopic (exact) mass is 317 g/mol. The van der Waals surface area contributed by atoms with Gasteiger partial charge in [-0.3, -0.25) is 4.79 Å². The van der Waals surface area contributed by atoms with E-state index < -0.39 is 0 Å². The van der Waals surface area contributed by atoms with E-state index in [1.165, 1.54) is 10.8 Å². The van der Waals surface area contributed by atoms with Crippen LogP contribution in [-0.2, 0) is 11.3 Å². The van der Waals surface area contributed by atoms with Crippen LogP contribution >= 0.6 is 0 Å². The maximum absolute atomic E-state index is 12.0. The zero-order valence-corrected chi connectivity index (χ0v) is 13.5. The van der Waals surface area contributed by atoms with Crippen molar-refractivity contribution in [3.05, 3.63) is 83.9 Å². The van der Waals surface area contributed by atoms with E-state index in [0.717, 1.165) is 16.9 Å².